The van der Waals surface area contributed by atoms with Gasteiger partial charge in [0.15, 0.2) is 0 Å². The van der Waals surface area contributed by atoms with Crippen molar-refractivity contribution in [2.75, 3.05) is 0 Å². The lowest BCUT2D eigenvalue weighted by Crippen LogP contribution is -1.99. The first-order valence-corrected chi connectivity index (χ1v) is 9.83. The van der Waals surface area contributed by atoms with Gasteiger partial charge in [0.25, 0.3) is 0 Å². The van der Waals surface area contributed by atoms with E-state index >= 15 is 0 Å². The Bertz CT molecular complexity index is 759. The Morgan fingerprint density at radius 3 is 1.89 bits per heavy atom. The molecule has 2 aliphatic rings. The highest BCUT2D eigenvalue weighted by Gasteiger charge is 2.04. The molecule has 0 fully saturated rings. The predicted molar refractivity (Wildman–Crippen MR) is 121 cm³/mol. The number of hydrogen-bond acceptors (Lipinski definition) is 1. The number of hydrogen-bond donors (Lipinski definition) is 1. The first kappa shape index (κ1) is 23.5. The van der Waals surface area contributed by atoms with Crippen molar-refractivity contribution < 1.29 is 5.11 Å². The first-order valence-electron chi connectivity index (χ1n) is 9.83. The lowest BCUT2D eigenvalue weighted by Gasteiger charge is -2.06. The predicted octanol–water partition coefficient (Wildman–Crippen LogP) is 6.08. The molecule has 0 saturated heterocycles. The van der Waals surface area contributed by atoms with Gasteiger partial charge >= 0.3 is 0 Å². The highest BCUT2D eigenvalue weighted by molar-refractivity contribution is 5.27. The van der Waals surface area contributed by atoms with Crippen molar-refractivity contribution in [3.05, 3.63) is 96.2 Å². The van der Waals surface area contributed by atoms with Crippen molar-refractivity contribution >= 4 is 0 Å². The minimum absolute atomic E-state index is 0. The number of rotatable bonds is 5. The maximum Gasteiger partial charge on any atom is 0.0832 e. The molecule has 2 aliphatic carbocycles. The molecule has 0 aliphatic heterocycles. The minimum Gasteiger partial charge on any atom is -0.390 e. The molecule has 0 unspecified atom stereocenters. The van der Waals surface area contributed by atoms with Gasteiger partial charge in [-0.2, -0.15) is 0 Å². The van der Waals surface area contributed by atoms with Crippen LogP contribution >= 0.6 is 0 Å². The Morgan fingerprint density at radius 1 is 0.857 bits per heavy atom. The fourth-order valence-electron chi connectivity index (χ4n) is 3.07. The van der Waals surface area contributed by atoms with E-state index in [4.69, 9.17) is 5.11 Å². The van der Waals surface area contributed by atoms with E-state index in [1.54, 1.807) is 0 Å². The van der Waals surface area contributed by atoms with Gasteiger partial charge in [0, 0.05) is 43.3 Å². The molecule has 3 heteroatoms. The Balaban J connectivity index is 0.000000227. The van der Waals surface area contributed by atoms with Crippen LogP contribution in [0.4, 0.5) is 0 Å². The lowest BCUT2D eigenvalue weighted by atomic mass is 10.1. The molecule has 0 aromatic carbocycles. The maximum absolute atomic E-state index is 8.72. The molecule has 2 heterocycles. The summed E-state index contributed by atoms with van der Waals surface area (Å²) in [6, 6.07) is 8.20. The quantitative estimate of drug-likeness (QED) is 0.670. The smallest absolute Gasteiger partial charge is 0.0832 e. The number of nitrogens with zero attached hydrogens (tertiary/aromatic N) is 2. The Kier molecular flexibility index (Phi) is 11.4. The van der Waals surface area contributed by atoms with E-state index in [1.165, 1.54) is 11.3 Å². The van der Waals surface area contributed by atoms with Crippen LogP contribution in [-0.4, -0.2) is 14.2 Å². The number of aromatic nitrogens is 2. The number of aryl methyl sites for hydroxylation is 2. The van der Waals surface area contributed by atoms with Gasteiger partial charge in [-0.25, -0.2) is 0 Å². The first-order chi connectivity index (χ1) is 13.3. The summed E-state index contributed by atoms with van der Waals surface area (Å²) in [6.07, 6.45) is 22.4. The van der Waals surface area contributed by atoms with E-state index in [9.17, 15) is 0 Å². The van der Waals surface area contributed by atoms with E-state index in [1.807, 2.05) is 22.9 Å². The van der Waals surface area contributed by atoms with Gasteiger partial charge in [-0.05, 0) is 51.0 Å². The number of aliphatic hydroxyl groups excluding tert-OH is 1. The van der Waals surface area contributed by atoms with Gasteiger partial charge in [-0.1, -0.05) is 55.5 Å². The molecule has 0 amide bonds. The van der Waals surface area contributed by atoms with Gasteiger partial charge in [0.05, 0.1) is 6.61 Å². The average molecular weight is 381 g/mol. The summed E-state index contributed by atoms with van der Waals surface area (Å²) in [5, 5.41) is 8.72. The van der Waals surface area contributed by atoms with Crippen LogP contribution in [0, 0.1) is 0 Å². The molecular formula is C25H36N2O. The monoisotopic (exact) mass is 380 g/mol. The number of allylic oxidation sites excluding steroid dienone is 8. The molecule has 4 rings (SSSR count). The van der Waals surface area contributed by atoms with E-state index < -0.39 is 0 Å². The zero-order valence-electron chi connectivity index (χ0n) is 16.6. The van der Waals surface area contributed by atoms with E-state index in [2.05, 4.69) is 79.3 Å². The second-order valence-corrected chi connectivity index (χ2v) is 6.46. The lowest BCUT2D eigenvalue weighted by molar-refractivity contribution is 0.271. The molecule has 0 saturated carbocycles. The van der Waals surface area contributed by atoms with Crippen LogP contribution in [0.25, 0.3) is 0 Å². The average Bonchev–Trinajstić information content (AvgIpc) is 3.51. The standard InChI is InChI=1S/C12H15N.C7H11NO.C5H6.CH4/c1-2-13-9-5-8-12(13)10-11-6-3-4-7-11;1-2-8-5-3-4-7(8)6-9;1-2-4-5-3-1;/h3-6,8-9H,2,7,10H2,1H3;3-5,9H,2,6H2,1H3;1-4H,5H2;1H4. The molecular weight excluding hydrogens is 344 g/mol. The summed E-state index contributed by atoms with van der Waals surface area (Å²) in [7, 11) is 0. The maximum atomic E-state index is 8.72. The molecule has 0 bridgehead atoms. The second-order valence-electron chi connectivity index (χ2n) is 6.46. The summed E-state index contributed by atoms with van der Waals surface area (Å²) >= 11 is 0. The van der Waals surface area contributed by atoms with Crippen LogP contribution in [0.5, 0.6) is 0 Å². The second kappa shape index (κ2) is 13.6. The van der Waals surface area contributed by atoms with Crippen molar-refractivity contribution in [1.82, 2.24) is 9.13 Å². The molecule has 28 heavy (non-hydrogen) atoms. The fourth-order valence-corrected chi connectivity index (χ4v) is 3.07. The highest BCUT2D eigenvalue weighted by Crippen LogP contribution is 2.16. The topological polar surface area (TPSA) is 30.1 Å². The molecule has 3 nitrogen and oxygen atoms in total. The summed E-state index contributed by atoms with van der Waals surface area (Å²) in [4.78, 5) is 0. The normalized spacial score (nSPS) is 13.3. The van der Waals surface area contributed by atoms with Crippen LogP contribution in [0.15, 0.2) is 84.8 Å². The molecule has 0 atom stereocenters. The SMILES string of the molecule is C.C1=CCC=C1.CCn1cccc1CC1=CC=CC1.CCn1cccc1CO. The van der Waals surface area contributed by atoms with Crippen LogP contribution in [0.2, 0.25) is 0 Å². The van der Waals surface area contributed by atoms with Crippen molar-refractivity contribution in [1.29, 1.82) is 0 Å². The van der Waals surface area contributed by atoms with E-state index in [0.717, 1.165) is 38.0 Å². The van der Waals surface area contributed by atoms with Crippen molar-refractivity contribution in [2.45, 2.75) is 60.2 Å². The molecule has 2 aromatic heterocycles. The van der Waals surface area contributed by atoms with Crippen LogP contribution in [0.3, 0.4) is 0 Å². The molecule has 0 spiro atoms. The van der Waals surface area contributed by atoms with E-state index in [-0.39, 0.29) is 14.0 Å². The summed E-state index contributed by atoms with van der Waals surface area (Å²) < 4.78 is 4.32. The van der Waals surface area contributed by atoms with E-state index in [0.29, 0.717) is 0 Å². The van der Waals surface area contributed by atoms with Gasteiger partial charge in [-0.3, -0.25) is 0 Å². The third-order valence-electron chi connectivity index (χ3n) is 4.60. The Morgan fingerprint density at radius 2 is 1.46 bits per heavy atom. The largest absolute Gasteiger partial charge is 0.390 e. The Hall–Kier alpha value is -2.52. The van der Waals surface area contributed by atoms with Gasteiger partial charge in [0.1, 0.15) is 0 Å². The zero-order valence-corrected chi connectivity index (χ0v) is 16.6. The van der Waals surface area contributed by atoms with Crippen molar-refractivity contribution in [3.63, 3.8) is 0 Å². The van der Waals surface area contributed by atoms with Crippen LogP contribution < -0.4 is 0 Å². The zero-order chi connectivity index (χ0) is 19.3. The molecule has 2 aromatic rings. The molecule has 1 N–H and O–H groups in total. The number of aliphatic hydroxyl groups is 1. The Labute approximate surface area is 171 Å². The molecule has 0 radical (unpaired) electrons. The van der Waals surface area contributed by atoms with Crippen LogP contribution in [-0.2, 0) is 26.1 Å². The summed E-state index contributed by atoms with van der Waals surface area (Å²) in [6.45, 7) is 6.39. The van der Waals surface area contributed by atoms with Gasteiger partial charge in [-0.15, -0.1) is 0 Å². The third-order valence-corrected chi connectivity index (χ3v) is 4.60. The third kappa shape index (κ3) is 7.61. The van der Waals surface area contributed by atoms with Crippen molar-refractivity contribution in [2.24, 2.45) is 0 Å². The molecule has 152 valence electrons. The van der Waals surface area contributed by atoms with Gasteiger partial charge in [0.2, 0.25) is 0 Å². The summed E-state index contributed by atoms with van der Waals surface area (Å²) in [5.41, 5.74) is 3.93. The van der Waals surface area contributed by atoms with Crippen LogP contribution in [0.1, 0.15) is 45.5 Å². The highest BCUT2D eigenvalue weighted by atomic mass is 16.3. The minimum atomic E-state index is 0. The fraction of sp³-hybridized carbons (Fsp3) is 0.360. The van der Waals surface area contributed by atoms with Gasteiger partial charge < -0.3 is 14.2 Å². The summed E-state index contributed by atoms with van der Waals surface area (Å²) in [5.74, 6) is 0. The van der Waals surface area contributed by atoms with Crippen molar-refractivity contribution in [3.8, 4) is 0 Å².